The lowest BCUT2D eigenvalue weighted by molar-refractivity contribution is 0.357. The third kappa shape index (κ3) is 4.50. The van der Waals surface area contributed by atoms with Gasteiger partial charge < -0.3 is 15.4 Å². The molecule has 3 rings (SSSR count). The molecule has 0 unspecified atom stereocenters. The standard InChI is InChI=1S/C20H24FN3O/c1-14-11-16(3-5-18(14)21)13-24-20(22-2)23-9-7-15-4-6-19-17(12-15)8-10-25-19/h3-6,11-12H,7-10,13H2,1-2H3,(H2,22,23,24). The summed E-state index contributed by atoms with van der Waals surface area (Å²) in [6.07, 6.45) is 1.92. The summed E-state index contributed by atoms with van der Waals surface area (Å²) in [5, 5.41) is 6.57. The third-order valence-corrected chi connectivity index (χ3v) is 4.37. The van der Waals surface area contributed by atoms with E-state index < -0.39 is 0 Å². The molecule has 0 saturated carbocycles. The van der Waals surface area contributed by atoms with Crippen molar-refractivity contribution in [2.24, 2.45) is 4.99 Å². The number of aliphatic imine (C=N–C) groups is 1. The Bertz CT molecular complexity index is 774. The van der Waals surface area contributed by atoms with E-state index in [1.54, 1.807) is 20.0 Å². The number of fused-ring (bicyclic) bond motifs is 1. The highest BCUT2D eigenvalue weighted by Gasteiger charge is 2.11. The van der Waals surface area contributed by atoms with Crippen molar-refractivity contribution < 1.29 is 9.13 Å². The minimum Gasteiger partial charge on any atom is -0.493 e. The smallest absolute Gasteiger partial charge is 0.191 e. The van der Waals surface area contributed by atoms with Gasteiger partial charge in [0.1, 0.15) is 11.6 Å². The Morgan fingerprint density at radius 2 is 2.00 bits per heavy atom. The highest BCUT2D eigenvalue weighted by molar-refractivity contribution is 5.79. The SMILES string of the molecule is CN=C(NCCc1ccc2c(c1)CCO2)NCc1ccc(F)c(C)c1. The van der Waals surface area contributed by atoms with Gasteiger partial charge in [-0.2, -0.15) is 0 Å². The van der Waals surface area contributed by atoms with Crippen LogP contribution in [0.2, 0.25) is 0 Å². The Hall–Kier alpha value is -2.56. The molecule has 0 bridgehead atoms. The van der Waals surface area contributed by atoms with Gasteiger partial charge in [0.05, 0.1) is 6.61 Å². The Morgan fingerprint density at radius 1 is 1.16 bits per heavy atom. The van der Waals surface area contributed by atoms with Gasteiger partial charge in [-0.15, -0.1) is 0 Å². The zero-order chi connectivity index (χ0) is 17.6. The van der Waals surface area contributed by atoms with E-state index in [4.69, 9.17) is 4.74 Å². The molecule has 0 aliphatic carbocycles. The highest BCUT2D eigenvalue weighted by Crippen LogP contribution is 2.25. The van der Waals surface area contributed by atoms with Crippen LogP contribution < -0.4 is 15.4 Å². The lowest BCUT2D eigenvalue weighted by Crippen LogP contribution is -2.37. The number of halogens is 1. The Balaban J connectivity index is 1.47. The largest absolute Gasteiger partial charge is 0.493 e. The first-order chi connectivity index (χ1) is 12.2. The number of aryl methyl sites for hydroxylation is 1. The number of benzene rings is 2. The van der Waals surface area contributed by atoms with Crippen molar-refractivity contribution in [3.8, 4) is 5.75 Å². The summed E-state index contributed by atoms with van der Waals surface area (Å²) in [4.78, 5) is 4.23. The van der Waals surface area contributed by atoms with E-state index in [-0.39, 0.29) is 5.82 Å². The second-order valence-electron chi connectivity index (χ2n) is 6.23. The summed E-state index contributed by atoms with van der Waals surface area (Å²) in [7, 11) is 1.75. The second-order valence-corrected chi connectivity index (χ2v) is 6.23. The van der Waals surface area contributed by atoms with Crippen molar-refractivity contribution in [2.45, 2.75) is 26.3 Å². The Labute approximate surface area is 148 Å². The maximum atomic E-state index is 13.3. The average Bonchev–Trinajstić information content (AvgIpc) is 3.08. The molecule has 2 aromatic carbocycles. The monoisotopic (exact) mass is 341 g/mol. The Morgan fingerprint density at radius 3 is 2.80 bits per heavy atom. The molecule has 132 valence electrons. The summed E-state index contributed by atoms with van der Waals surface area (Å²) in [6.45, 7) is 3.96. The van der Waals surface area contributed by atoms with Gasteiger partial charge in [0, 0.05) is 26.6 Å². The molecule has 0 amide bonds. The van der Waals surface area contributed by atoms with Crippen LogP contribution >= 0.6 is 0 Å². The summed E-state index contributed by atoms with van der Waals surface area (Å²) in [5.41, 5.74) is 4.27. The minimum atomic E-state index is -0.175. The molecule has 0 atom stereocenters. The van der Waals surface area contributed by atoms with Crippen LogP contribution in [0.15, 0.2) is 41.4 Å². The molecule has 1 aliphatic heterocycles. The number of hydrogen-bond donors (Lipinski definition) is 2. The van der Waals surface area contributed by atoms with Crippen molar-refractivity contribution >= 4 is 5.96 Å². The molecule has 0 spiro atoms. The third-order valence-electron chi connectivity index (χ3n) is 4.37. The second kappa shape index (κ2) is 8.01. The van der Waals surface area contributed by atoms with Crippen LogP contribution in [0, 0.1) is 12.7 Å². The van der Waals surface area contributed by atoms with E-state index in [1.165, 1.54) is 17.2 Å². The van der Waals surface area contributed by atoms with Crippen LogP contribution in [0.25, 0.3) is 0 Å². The maximum Gasteiger partial charge on any atom is 0.191 e. The van der Waals surface area contributed by atoms with Crippen LogP contribution in [-0.4, -0.2) is 26.2 Å². The average molecular weight is 341 g/mol. The van der Waals surface area contributed by atoms with E-state index >= 15 is 0 Å². The molecule has 0 saturated heterocycles. The number of hydrogen-bond acceptors (Lipinski definition) is 2. The molecule has 25 heavy (non-hydrogen) atoms. The fourth-order valence-electron chi connectivity index (χ4n) is 2.94. The van der Waals surface area contributed by atoms with Crippen molar-refractivity contribution in [1.29, 1.82) is 0 Å². The molecular weight excluding hydrogens is 317 g/mol. The molecule has 4 nitrogen and oxygen atoms in total. The Kier molecular flexibility index (Phi) is 5.53. The van der Waals surface area contributed by atoms with E-state index in [9.17, 15) is 4.39 Å². The molecule has 0 fully saturated rings. The van der Waals surface area contributed by atoms with E-state index in [0.29, 0.717) is 12.1 Å². The van der Waals surface area contributed by atoms with Gasteiger partial charge in [-0.1, -0.05) is 24.3 Å². The number of rotatable bonds is 5. The van der Waals surface area contributed by atoms with Crippen LogP contribution in [-0.2, 0) is 19.4 Å². The van der Waals surface area contributed by atoms with Crippen LogP contribution in [0.3, 0.4) is 0 Å². The summed E-state index contributed by atoms with van der Waals surface area (Å²) < 4.78 is 18.8. The minimum absolute atomic E-state index is 0.175. The van der Waals surface area contributed by atoms with E-state index in [1.807, 2.05) is 6.07 Å². The fourth-order valence-corrected chi connectivity index (χ4v) is 2.94. The molecule has 1 heterocycles. The first-order valence-electron chi connectivity index (χ1n) is 8.60. The molecule has 5 heteroatoms. The van der Waals surface area contributed by atoms with Crippen molar-refractivity contribution in [1.82, 2.24) is 10.6 Å². The predicted molar refractivity (Wildman–Crippen MR) is 98.7 cm³/mol. The lowest BCUT2D eigenvalue weighted by atomic mass is 10.1. The zero-order valence-corrected chi connectivity index (χ0v) is 14.7. The fraction of sp³-hybridized carbons (Fsp3) is 0.350. The van der Waals surface area contributed by atoms with Crippen LogP contribution in [0.5, 0.6) is 5.75 Å². The first-order valence-corrected chi connectivity index (χ1v) is 8.60. The lowest BCUT2D eigenvalue weighted by Gasteiger charge is -2.12. The van der Waals surface area contributed by atoms with Gasteiger partial charge >= 0.3 is 0 Å². The summed E-state index contributed by atoms with van der Waals surface area (Å²) in [6, 6.07) is 11.5. The van der Waals surface area contributed by atoms with Crippen molar-refractivity contribution in [3.63, 3.8) is 0 Å². The maximum absolute atomic E-state index is 13.3. The van der Waals surface area contributed by atoms with Gasteiger partial charge in [-0.05, 0) is 47.7 Å². The van der Waals surface area contributed by atoms with Gasteiger partial charge in [-0.3, -0.25) is 4.99 Å². The number of ether oxygens (including phenoxy) is 1. The number of guanidine groups is 1. The van der Waals surface area contributed by atoms with Crippen LogP contribution in [0.4, 0.5) is 4.39 Å². The van der Waals surface area contributed by atoms with Crippen molar-refractivity contribution in [3.05, 3.63) is 64.5 Å². The van der Waals surface area contributed by atoms with Crippen molar-refractivity contribution in [2.75, 3.05) is 20.2 Å². The molecule has 0 radical (unpaired) electrons. The predicted octanol–water partition coefficient (Wildman–Crippen LogP) is 2.98. The van der Waals surface area contributed by atoms with Gasteiger partial charge in [-0.25, -0.2) is 4.39 Å². The molecular formula is C20H24FN3O. The number of nitrogens with zero attached hydrogens (tertiary/aromatic N) is 1. The van der Waals surface area contributed by atoms with Crippen LogP contribution in [0.1, 0.15) is 22.3 Å². The molecule has 0 aromatic heterocycles. The van der Waals surface area contributed by atoms with E-state index in [2.05, 4.69) is 33.8 Å². The van der Waals surface area contributed by atoms with Gasteiger partial charge in [0.25, 0.3) is 0 Å². The number of nitrogens with one attached hydrogen (secondary N) is 2. The zero-order valence-electron chi connectivity index (χ0n) is 14.7. The quantitative estimate of drug-likeness (QED) is 0.649. The highest BCUT2D eigenvalue weighted by atomic mass is 19.1. The summed E-state index contributed by atoms with van der Waals surface area (Å²) in [5.74, 6) is 1.58. The molecule has 1 aliphatic rings. The normalized spacial score (nSPS) is 13.3. The van der Waals surface area contributed by atoms with Gasteiger partial charge in [0.2, 0.25) is 0 Å². The summed E-state index contributed by atoms with van der Waals surface area (Å²) >= 11 is 0. The first kappa shape index (κ1) is 17.3. The van der Waals surface area contributed by atoms with E-state index in [0.717, 1.165) is 43.3 Å². The molecule has 2 aromatic rings. The molecule has 2 N–H and O–H groups in total. The topological polar surface area (TPSA) is 45.7 Å². The van der Waals surface area contributed by atoms with Gasteiger partial charge in [0.15, 0.2) is 5.96 Å².